The van der Waals surface area contributed by atoms with Gasteiger partial charge in [0.25, 0.3) is 0 Å². The van der Waals surface area contributed by atoms with Gasteiger partial charge in [0.15, 0.2) is 5.82 Å². The van der Waals surface area contributed by atoms with Crippen LogP contribution < -0.4 is 4.90 Å². The molecular formula is C41H30N4. The molecular weight excluding hydrogens is 548 g/mol. The van der Waals surface area contributed by atoms with Crippen LogP contribution in [-0.2, 0) is 0 Å². The van der Waals surface area contributed by atoms with Gasteiger partial charge in [-0.25, -0.2) is 9.97 Å². The fourth-order valence-electron chi connectivity index (χ4n) is 6.31. The Kier molecular flexibility index (Phi) is 6.65. The molecule has 0 saturated heterocycles. The number of hydrogen-bond acceptors (Lipinski definition) is 3. The van der Waals surface area contributed by atoms with Crippen LogP contribution in [0.5, 0.6) is 0 Å². The van der Waals surface area contributed by atoms with Crippen molar-refractivity contribution in [3.05, 3.63) is 170 Å². The average molecular weight is 579 g/mol. The van der Waals surface area contributed by atoms with E-state index in [-0.39, 0.29) is 0 Å². The Labute approximate surface area is 262 Å². The zero-order valence-corrected chi connectivity index (χ0v) is 24.9. The van der Waals surface area contributed by atoms with E-state index in [4.69, 9.17) is 0 Å². The minimum absolute atomic E-state index is 0.752. The smallest absolute Gasteiger partial charge is 0.159 e. The van der Waals surface area contributed by atoms with Crippen LogP contribution in [0.25, 0.3) is 50.0 Å². The molecule has 0 radical (unpaired) electrons. The third kappa shape index (κ3) is 4.83. The van der Waals surface area contributed by atoms with E-state index in [2.05, 4.69) is 172 Å². The number of para-hydroxylation sites is 3. The number of aryl methyl sites for hydroxylation is 1. The topological polar surface area (TPSA) is 34.0 Å². The van der Waals surface area contributed by atoms with Gasteiger partial charge < -0.3 is 9.47 Å². The number of aromatic nitrogens is 3. The summed E-state index contributed by atoms with van der Waals surface area (Å²) in [5.74, 6) is 0.752. The number of nitrogens with zero attached hydrogens (tertiary/aromatic N) is 4. The van der Waals surface area contributed by atoms with Crippen LogP contribution in [0.2, 0.25) is 0 Å². The lowest BCUT2D eigenvalue weighted by Crippen LogP contribution is -2.09. The first-order valence-corrected chi connectivity index (χ1v) is 15.2. The summed E-state index contributed by atoms with van der Waals surface area (Å²) in [6.45, 7) is 2.12. The summed E-state index contributed by atoms with van der Waals surface area (Å²) in [6.07, 6.45) is 3.57. The maximum atomic E-state index is 4.43. The molecule has 0 spiro atoms. The standard InChI is InChI=1S/C41H30N4/c1-29-27-31(19-23-36(29)41-42-25-10-26-43-41)30-17-20-34(21-18-30)45-39-16-9-8-15-37(39)38-28-35(22-24-40(38)45)44(32-11-4-2-5-12-32)33-13-6-3-7-14-33/h2-28H,1H3. The molecule has 45 heavy (non-hydrogen) atoms. The predicted molar refractivity (Wildman–Crippen MR) is 187 cm³/mol. The highest BCUT2D eigenvalue weighted by Crippen LogP contribution is 2.39. The van der Waals surface area contributed by atoms with Gasteiger partial charge in [-0.15, -0.1) is 0 Å². The lowest BCUT2D eigenvalue weighted by Gasteiger charge is -2.25. The third-order valence-electron chi connectivity index (χ3n) is 8.44. The minimum Gasteiger partial charge on any atom is -0.310 e. The average Bonchev–Trinajstić information content (AvgIpc) is 3.43. The van der Waals surface area contributed by atoms with Gasteiger partial charge in [-0.05, 0) is 90.3 Å². The van der Waals surface area contributed by atoms with Crippen LogP contribution in [0.3, 0.4) is 0 Å². The van der Waals surface area contributed by atoms with Gasteiger partial charge >= 0.3 is 0 Å². The molecule has 0 N–H and O–H groups in total. The second-order valence-electron chi connectivity index (χ2n) is 11.2. The van der Waals surface area contributed by atoms with Crippen molar-refractivity contribution in [2.24, 2.45) is 0 Å². The molecule has 0 saturated carbocycles. The van der Waals surface area contributed by atoms with E-state index in [1.807, 2.05) is 6.07 Å². The second-order valence-corrected chi connectivity index (χ2v) is 11.2. The molecule has 0 aliphatic rings. The molecule has 0 atom stereocenters. The minimum atomic E-state index is 0.752. The van der Waals surface area contributed by atoms with Gasteiger partial charge in [0, 0.05) is 51.5 Å². The molecule has 4 heteroatoms. The van der Waals surface area contributed by atoms with E-state index in [0.29, 0.717) is 0 Å². The van der Waals surface area contributed by atoms with Crippen LogP contribution >= 0.6 is 0 Å². The molecule has 6 aromatic carbocycles. The first kappa shape index (κ1) is 26.6. The quantitative estimate of drug-likeness (QED) is 0.197. The largest absolute Gasteiger partial charge is 0.310 e. The molecule has 8 rings (SSSR count). The highest BCUT2D eigenvalue weighted by Gasteiger charge is 2.17. The van der Waals surface area contributed by atoms with Crippen molar-refractivity contribution in [3.8, 4) is 28.2 Å². The second kappa shape index (κ2) is 11.3. The normalized spacial score (nSPS) is 11.2. The molecule has 0 aliphatic heterocycles. The summed E-state index contributed by atoms with van der Waals surface area (Å²) >= 11 is 0. The van der Waals surface area contributed by atoms with E-state index >= 15 is 0 Å². The van der Waals surface area contributed by atoms with Gasteiger partial charge in [0.05, 0.1) is 11.0 Å². The van der Waals surface area contributed by atoms with Crippen molar-refractivity contribution in [2.45, 2.75) is 6.92 Å². The Hall–Kier alpha value is -6.00. The lowest BCUT2D eigenvalue weighted by atomic mass is 9.99. The van der Waals surface area contributed by atoms with Gasteiger partial charge in [0.2, 0.25) is 0 Å². The van der Waals surface area contributed by atoms with Crippen molar-refractivity contribution in [3.63, 3.8) is 0 Å². The summed E-state index contributed by atoms with van der Waals surface area (Å²) < 4.78 is 2.37. The zero-order chi connectivity index (χ0) is 30.2. The molecule has 0 bridgehead atoms. The van der Waals surface area contributed by atoms with E-state index in [1.165, 1.54) is 32.9 Å². The third-order valence-corrected chi connectivity index (χ3v) is 8.44. The Morgan fingerprint density at radius 1 is 0.489 bits per heavy atom. The maximum absolute atomic E-state index is 4.43. The van der Waals surface area contributed by atoms with Crippen LogP contribution in [0.4, 0.5) is 17.1 Å². The summed E-state index contributed by atoms with van der Waals surface area (Å²) in [6, 6.07) is 53.8. The molecule has 214 valence electrons. The molecule has 4 nitrogen and oxygen atoms in total. The highest BCUT2D eigenvalue weighted by atomic mass is 15.1. The first-order valence-electron chi connectivity index (χ1n) is 15.2. The highest BCUT2D eigenvalue weighted by molar-refractivity contribution is 6.10. The van der Waals surface area contributed by atoms with Crippen molar-refractivity contribution >= 4 is 38.9 Å². The summed E-state index contributed by atoms with van der Waals surface area (Å²) in [4.78, 5) is 11.2. The molecule has 8 aromatic rings. The molecule has 0 amide bonds. The number of benzene rings is 6. The van der Waals surface area contributed by atoms with Crippen LogP contribution in [0.15, 0.2) is 164 Å². The lowest BCUT2D eigenvalue weighted by molar-refractivity contribution is 1.17. The monoisotopic (exact) mass is 578 g/mol. The first-order chi connectivity index (χ1) is 22.2. The number of fused-ring (bicyclic) bond motifs is 3. The van der Waals surface area contributed by atoms with Crippen LogP contribution in [0, 0.1) is 6.92 Å². The van der Waals surface area contributed by atoms with E-state index in [0.717, 1.165) is 39.7 Å². The molecule has 0 fully saturated rings. The molecule has 0 unspecified atom stereocenters. The summed E-state index contributed by atoms with van der Waals surface area (Å²) in [7, 11) is 0. The summed E-state index contributed by atoms with van der Waals surface area (Å²) in [5.41, 5.74) is 11.4. The Morgan fingerprint density at radius 2 is 1.11 bits per heavy atom. The number of anilines is 3. The van der Waals surface area contributed by atoms with Crippen molar-refractivity contribution in [2.75, 3.05) is 4.90 Å². The fraction of sp³-hybridized carbons (Fsp3) is 0.0244. The summed E-state index contributed by atoms with van der Waals surface area (Å²) in [5, 5.41) is 2.45. The molecule has 2 aromatic heterocycles. The van der Waals surface area contributed by atoms with Crippen LogP contribution in [-0.4, -0.2) is 14.5 Å². The van der Waals surface area contributed by atoms with Crippen LogP contribution in [0.1, 0.15) is 5.56 Å². The van der Waals surface area contributed by atoms with Crippen molar-refractivity contribution in [1.82, 2.24) is 14.5 Å². The maximum Gasteiger partial charge on any atom is 0.159 e. The van der Waals surface area contributed by atoms with Gasteiger partial charge in [-0.3, -0.25) is 0 Å². The van der Waals surface area contributed by atoms with E-state index in [1.54, 1.807) is 12.4 Å². The van der Waals surface area contributed by atoms with E-state index < -0.39 is 0 Å². The Bertz CT molecular complexity index is 2220. The van der Waals surface area contributed by atoms with E-state index in [9.17, 15) is 0 Å². The Morgan fingerprint density at radius 3 is 1.80 bits per heavy atom. The van der Waals surface area contributed by atoms with Crippen molar-refractivity contribution < 1.29 is 0 Å². The van der Waals surface area contributed by atoms with Gasteiger partial charge in [0.1, 0.15) is 0 Å². The van der Waals surface area contributed by atoms with Gasteiger partial charge in [-0.2, -0.15) is 0 Å². The fourth-order valence-corrected chi connectivity index (χ4v) is 6.31. The Balaban J connectivity index is 1.21. The number of hydrogen-bond donors (Lipinski definition) is 0. The number of rotatable bonds is 6. The zero-order valence-electron chi connectivity index (χ0n) is 24.9. The SMILES string of the molecule is Cc1cc(-c2ccc(-n3c4ccccc4c4cc(N(c5ccccc5)c5ccccc5)ccc43)cc2)ccc1-c1ncccn1. The molecule has 0 aliphatic carbocycles. The van der Waals surface area contributed by atoms with Crippen molar-refractivity contribution in [1.29, 1.82) is 0 Å². The predicted octanol–water partition coefficient (Wildman–Crippen LogP) is 10.7. The molecule has 2 heterocycles. The van der Waals surface area contributed by atoms with Gasteiger partial charge in [-0.1, -0.05) is 84.9 Å².